The second kappa shape index (κ2) is 2.67. The molecule has 0 heterocycles. The third-order valence-corrected chi connectivity index (χ3v) is 1.81. The summed E-state index contributed by atoms with van der Waals surface area (Å²) in [5, 5.41) is 10.9. The highest BCUT2D eigenvalue weighted by atomic mass is 14.2. The molecule has 0 aromatic heterocycles. The lowest BCUT2D eigenvalue weighted by molar-refractivity contribution is 1.50. The minimum absolute atomic E-state index is 0.703. The average molecular weight is 152 g/mol. The van der Waals surface area contributed by atoms with Crippen LogP contribution in [0.15, 0.2) is 36.4 Å². The van der Waals surface area contributed by atoms with E-state index < -0.39 is 0 Å². The van der Waals surface area contributed by atoms with Crippen LogP contribution in [-0.4, -0.2) is 0 Å². The van der Waals surface area contributed by atoms with Gasteiger partial charge in [0.05, 0.1) is 11.6 Å². The normalized spacial score (nSPS) is 9.58. The Labute approximate surface area is 70.9 Å². The van der Waals surface area contributed by atoms with Crippen LogP contribution in [0.5, 0.6) is 0 Å². The fourth-order valence-corrected chi connectivity index (χ4v) is 1.20. The van der Waals surface area contributed by atoms with Gasteiger partial charge in [0, 0.05) is 0 Å². The quantitative estimate of drug-likeness (QED) is 0.569. The SMILES string of the molecule is N#Cc1ccc2c[c]ccc2c1. The number of hydrogen-bond donors (Lipinski definition) is 0. The zero-order chi connectivity index (χ0) is 8.39. The number of nitriles is 1. The summed E-state index contributed by atoms with van der Waals surface area (Å²) >= 11 is 0. The monoisotopic (exact) mass is 152 g/mol. The first-order chi connectivity index (χ1) is 5.90. The molecule has 0 bridgehead atoms. The van der Waals surface area contributed by atoms with Crippen molar-refractivity contribution in [2.75, 3.05) is 0 Å². The molecule has 0 spiro atoms. The largest absolute Gasteiger partial charge is 0.192 e. The molecule has 1 radical (unpaired) electrons. The predicted molar refractivity (Wildman–Crippen MR) is 47.5 cm³/mol. The Morgan fingerprint density at radius 1 is 1.17 bits per heavy atom. The molecule has 2 aromatic rings. The van der Waals surface area contributed by atoms with Crippen molar-refractivity contribution in [1.82, 2.24) is 0 Å². The zero-order valence-corrected chi connectivity index (χ0v) is 6.41. The number of fused-ring (bicyclic) bond motifs is 1. The van der Waals surface area contributed by atoms with E-state index in [0.29, 0.717) is 5.56 Å². The van der Waals surface area contributed by atoms with E-state index in [-0.39, 0.29) is 0 Å². The van der Waals surface area contributed by atoms with Crippen molar-refractivity contribution in [3.05, 3.63) is 48.0 Å². The Balaban J connectivity index is 2.78. The summed E-state index contributed by atoms with van der Waals surface area (Å²) in [5.74, 6) is 0. The highest BCUT2D eigenvalue weighted by Gasteiger charge is 1.92. The maximum atomic E-state index is 8.64. The fraction of sp³-hybridized carbons (Fsp3) is 0. The van der Waals surface area contributed by atoms with E-state index >= 15 is 0 Å². The molecule has 2 aromatic carbocycles. The van der Waals surface area contributed by atoms with Crippen LogP contribution in [0.2, 0.25) is 0 Å². The van der Waals surface area contributed by atoms with E-state index in [1.54, 1.807) is 0 Å². The number of benzene rings is 2. The van der Waals surface area contributed by atoms with E-state index in [2.05, 4.69) is 12.1 Å². The van der Waals surface area contributed by atoms with E-state index in [0.717, 1.165) is 10.8 Å². The molecule has 0 aliphatic carbocycles. The molecule has 0 saturated carbocycles. The fourth-order valence-electron chi connectivity index (χ4n) is 1.20. The average Bonchev–Trinajstić information content (AvgIpc) is 2.17. The van der Waals surface area contributed by atoms with Gasteiger partial charge in [-0.2, -0.15) is 5.26 Å². The molecular weight excluding hydrogens is 146 g/mol. The molecule has 0 unspecified atom stereocenters. The molecule has 0 amide bonds. The van der Waals surface area contributed by atoms with Crippen LogP contribution in [0.25, 0.3) is 10.8 Å². The number of nitrogens with zero attached hydrogens (tertiary/aromatic N) is 1. The predicted octanol–water partition coefficient (Wildman–Crippen LogP) is 2.51. The third-order valence-electron chi connectivity index (χ3n) is 1.81. The van der Waals surface area contributed by atoms with Gasteiger partial charge in [-0.3, -0.25) is 0 Å². The van der Waals surface area contributed by atoms with Crippen LogP contribution in [0.3, 0.4) is 0 Å². The standard InChI is InChI=1S/C11H6N/c12-8-9-5-6-10-3-1-2-4-11(10)7-9/h2-7H. The van der Waals surface area contributed by atoms with Crippen LogP contribution >= 0.6 is 0 Å². The molecule has 0 fully saturated rings. The second-order valence-corrected chi connectivity index (χ2v) is 2.60. The van der Waals surface area contributed by atoms with Crippen molar-refractivity contribution in [1.29, 1.82) is 5.26 Å². The van der Waals surface area contributed by atoms with Crippen LogP contribution in [0.1, 0.15) is 5.56 Å². The van der Waals surface area contributed by atoms with Gasteiger partial charge in [0.1, 0.15) is 0 Å². The zero-order valence-electron chi connectivity index (χ0n) is 6.41. The van der Waals surface area contributed by atoms with Crippen molar-refractivity contribution in [2.45, 2.75) is 0 Å². The van der Waals surface area contributed by atoms with Gasteiger partial charge >= 0.3 is 0 Å². The maximum absolute atomic E-state index is 8.64. The summed E-state index contributed by atoms with van der Waals surface area (Å²) in [4.78, 5) is 0. The van der Waals surface area contributed by atoms with Gasteiger partial charge in [0.15, 0.2) is 0 Å². The molecule has 0 saturated heterocycles. The minimum Gasteiger partial charge on any atom is -0.192 e. The Morgan fingerprint density at radius 2 is 2.08 bits per heavy atom. The summed E-state index contributed by atoms with van der Waals surface area (Å²) in [6.07, 6.45) is 0. The molecule has 12 heavy (non-hydrogen) atoms. The van der Waals surface area contributed by atoms with Gasteiger partial charge in [0.25, 0.3) is 0 Å². The summed E-state index contributed by atoms with van der Waals surface area (Å²) < 4.78 is 0. The van der Waals surface area contributed by atoms with E-state index in [4.69, 9.17) is 5.26 Å². The van der Waals surface area contributed by atoms with Gasteiger partial charge in [-0.15, -0.1) is 0 Å². The van der Waals surface area contributed by atoms with E-state index in [1.165, 1.54) is 0 Å². The maximum Gasteiger partial charge on any atom is 0.0991 e. The van der Waals surface area contributed by atoms with Crippen molar-refractivity contribution in [3.63, 3.8) is 0 Å². The first-order valence-corrected chi connectivity index (χ1v) is 3.70. The molecular formula is C11H6N. The smallest absolute Gasteiger partial charge is 0.0991 e. The second-order valence-electron chi connectivity index (χ2n) is 2.60. The molecule has 55 valence electrons. The summed E-state index contributed by atoms with van der Waals surface area (Å²) in [5.41, 5.74) is 0.703. The Kier molecular flexibility index (Phi) is 1.53. The first-order valence-electron chi connectivity index (χ1n) is 3.70. The van der Waals surface area contributed by atoms with Crippen molar-refractivity contribution >= 4 is 10.8 Å². The van der Waals surface area contributed by atoms with Gasteiger partial charge in [-0.05, 0) is 35.0 Å². The van der Waals surface area contributed by atoms with Crippen LogP contribution in [0, 0.1) is 17.4 Å². The van der Waals surface area contributed by atoms with Crippen LogP contribution in [0.4, 0.5) is 0 Å². The highest BCUT2D eigenvalue weighted by molar-refractivity contribution is 5.83. The molecule has 0 aliphatic heterocycles. The van der Waals surface area contributed by atoms with Crippen LogP contribution in [-0.2, 0) is 0 Å². The van der Waals surface area contributed by atoms with E-state index in [9.17, 15) is 0 Å². The number of rotatable bonds is 0. The van der Waals surface area contributed by atoms with Gasteiger partial charge in [-0.1, -0.05) is 18.2 Å². The molecule has 0 atom stereocenters. The summed E-state index contributed by atoms with van der Waals surface area (Å²) in [6, 6.07) is 16.4. The van der Waals surface area contributed by atoms with Gasteiger partial charge in [-0.25, -0.2) is 0 Å². The van der Waals surface area contributed by atoms with Crippen molar-refractivity contribution < 1.29 is 0 Å². The number of hydrogen-bond acceptors (Lipinski definition) is 1. The lowest BCUT2D eigenvalue weighted by Crippen LogP contribution is -1.74. The molecule has 2 rings (SSSR count). The van der Waals surface area contributed by atoms with Gasteiger partial charge in [0.2, 0.25) is 0 Å². The molecule has 1 heteroatoms. The Bertz CT molecular complexity index is 452. The minimum atomic E-state index is 0.703. The van der Waals surface area contributed by atoms with Crippen LogP contribution < -0.4 is 0 Å². The third kappa shape index (κ3) is 1.04. The Morgan fingerprint density at radius 3 is 2.92 bits per heavy atom. The van der Waals surface area contributed by atoms with Crippen molar-refractivity contribution in [3.8, 4) is 6.07 Å². The Hall–Kier alpha value is -1.81. The van der Waals surface area contributed by atoms with Crippen molar-refractivity contribution in [2.24, 2.45) is 0 Å². The van der Waals surface area contributed by atoms with E-state index in [1.807, 2.05) is 36.4 Å². The summed E-state index contributed by atoms with van der Waals surface area (Å²) in [7, 11) is 0. The van der Waals surface area contributed by atoms with Gasteiger partial charge < -0.3 is 0 Å². The first kappa shape index (κ1) is 6.87. The molecule has 0 aliphatic rings. The summed E-state index contributed by atoms with van der Waals surface area (Å²) in [6.45, 7) is 0. The highest BCUT2D eigenvalue weighted by Crippen LogP contribution is 2.14. The molecule has 0 N–H and O–H groups in total. The molecule has 1 nitrogen and oxygen atoms in total. The topological polar surface area (TPSA) is 23.8 Å². The lowest BCUT2D eigenvalue weighted by Gasteiger charge is -1.95. The lowest BCUT2D eigenvalue weighted by atomic mass is 10.1.